The van der Waals surface area contributed by atoms with Crippen LogP contribution in [0.1, 0.15) is 19.8 Å². The average Bonchev–Trinajstić information content (AvgIpc) is 2.95. The lowest BCUT2D eigenvalue weighted by Crippen LogP contribution is -2.46. The van der Waals surface area contributed by atoms with Crippen LogP contribution in [-0.2, 0) is 14.4 Å². The number of benzene rings is 1. The molecule has 0 aromatic heterocycles. The van der Waals surface area contributed by atoms with Crippen LogP contribution < -0.4 is 5.32 Å². The number of nitro groups is 1. The van der Waals surface area contributed by atoms with Crippen molar-refractivity contribution in [3.8, 4) is 0 Å². The number of amides is 3. The van der Waals surface area contributed by atoms with Crippen molar-refractivity contribution in [3.05, 3.63) is 46.5 Å². The Kier molecular flexibility index (Phi) is 4.05. The normalized spacial score (nSPS) is 29.6. The van der Waals surface area contributed by atoms with Gasteiger partial charge in [0.1, 0.15) is 6.04 Å². The first-order valence-corrected chi connectivity index (χ1v) is 8.99. The second kappa shape index (κ2) is 6.29. The van der Waals surface area contributed by atoms with Crippen LogP contribution in [0.5, 0.6) is 0 Å². The number of imide groups is 1. The van der Waals surface area contributed by atoms with Crippen molar-refractivity contribution < 1.29 is 19.3 Å². The summed E-state index contributed by atoms with van der Waals surface area (Å²) >= 11 is 0. The molecule has 1 aliphatic heterocycles. The van der Waals surface area contributed by atoms with Gasteiger partial charge in [0.2, 0.25) is 17.7 Å². The molecule has 1 N–H and O–H groups in total. The highest BCUT2D eigenvalue weighted by Crippen LogP contribution is 2.49. The van der Waals surface area contributed by atoms with E-state index in [4.69, 9.17) is 0 Å². The van der Waals surface area contributed by atoms with Crippen LogP contribution >= 0.6 is 0 Å². The van der Waals surface area contributed by atoms with Gasteiger partial charge in [-0.1, -0.05) is 12.2 Å². The molecule has 1 saturated carbocycles. The quantitative estimate of drug-likeness (QED) is 0.378. The summed E-state index contributed by atoms with van der Waals surface area (Å²) in [6, 6.07) is 4.46. The molecule has 5 rings (SSSR count). The van der Waals surface area contributed by atoms with Crippen LogP contribution in [0.3, 0.4) is 0 Å². The fourth-order valence-electron chi connectivity index (χ4n) is 4.51. The molecular weight excluding hydrogens is 350 g/mol. The summed E-state index contributed by atoms with van der Waals surface area (Å²) in [6.45, 7) is 1.53. The summed E-state index contributed by atoms with van der Waals surface area (Å²) in [7, 11) is 0. The number of rotatable bonds is 4. The van der Waals surface area contributed by atoms with Gasteiger partial charge in [-0.05, 0) is 43.7 Å². The van der Waals surface area contributed by atoms with Crippen LogP contribution in [0.25, 0.3) is 0 Å². The fourth-order valence-corrected chi connectivity index (χ4v) is 4.51. The second-order valence-corrected chi connectivity index (χ2v) is 7.36. The number of allylic oxidation sites excluding steroid dienone is 2. The van der Waals surface area contributed by atoms with E-state index < -0.39 is 16.9 Å². The van der Waals surface area contributed by atoms with Crippen molar-refractivity contribution in [3.63, 3.8) is 0 Å². The number of nitro benzene ring substituents is 1. The van der Waals surface area contributed by atoms with E-state index in [9.17, 15) is 24.5 Å². The van der Waals surface area contributed by atoms with Gasteiger partial charge in [0.15, 0.2) is 0 Å². The van der Waals surface area contributed by atoms with Crippen LogP contribution in [0, 0.1) is 33.8 Å². The first-order valence-electron chi connectivity index (χ1n) is 8.99. The first-order chi connectivity index (χ1) is 12.9. The second-order valence-electron chi connectivity index (χ2n) is 7.36. The molecule has 2 bridgehead atoms. The summed E-state index contributed by atoms with van der Waals surface area (Å²) in [5.41, 5.74) is 0.286. The molecule has 140 valence electrons. The third-order valence-corrected chi connectivity index (χ3v) is 5.91. The lowest BCUT2D eigenvalue weighted by molar-refractivity contribution is -0.384. The molecule has 0 unspecified atom stereocenters. The van der Waals surface area contributed by atoms with E-state index in [-0.39, 0.29) is 41.2 Å². The van der Waals surface area contributed by atoms with E-state index in [2.05, 4.69) is 5.32 Å². The van der Waals surface area contributed by atoms with E-state index in [0.29, 0.717) is 5.69 Å². The standard InChI is InChI=1S/C19H19N3O5/c1-10(17(23)20-13-6-8-14(9-7-13)22(26)27)21-18(24)15-11-2-3-12(5-4-11)16(15)19(21)25/h2-3,6-12,15-16H,4-5H2,1H3,(H,20,23)/t10-,11-,12-,15-,16+/m0/s1. The highest BCUT2D eigenvalue weighted by molar-refractivity contribution is 6.10. The number of nitrogens with one attached hydrogen (secondary N) is 1. The lowest BCUT2D eigenvalue weighted by atomic mass is 9.63. The molecule has 1 saturated heterocycles. The number of fused-ring (bicyclic) bond motifs is 1. The molecular formula is C19H19N3O5. The average molecular weight is 369 g/mol. The molecule has 5 atom stereocenters. The number of carbonyl (C=O) groups is 3. The molecule has 2 fully saturated rings. The van der Waals surface area contributed by atoms with Gasteiger partial charge in [-0.3, -0.25) is 29.4 Å². The summed E-state index contributed by atoms with van der Waals surface area (Å²) in [6.07, 6.45) is 5.87. The maximum absolute atomic E-state index is 12.9. The van der Waals surface area contributed by atoms with E-state index >= 15 is 0 Å². The van der Waals surface area contributed by atoms with Gasteiger partial charge in [0.05, 0.1) is 16.8 Å². The van der Waals surface area contributed by atoms with Crippen molar-refractivity contribution in [2.24, 2.45) is 23.7 Å². The molecule has 1 aromatic carbocycles. The Bertz CT molecular complexity index is 831. The molecule has 1 heterocycles. The highest BCUT2D eigenvalue weighted by Gasteiger charge is 2.58. The zero-order valence-corrected chi connectivity index (χ0v) is 14.7. The Labute approximate surface area is 155 Å². The minimum atomic E-state index is -0.940. The molecule has 3 amide bonds. The number of likely N-dealkylation sites (tertiary alicyclic amines) is 1. The predicted octanol–water partition coefficient (Wildman–Crippen LogP) is 2.12. The van der Waals surface area contributed by atoms with Crippen LogP contribution in [0.15, 0.2) is 36.4 Å². The molecule has 4 aliphatic rings. The maximum Gasteiger partial charge on any atom is 0.269 e. The lowest BCUT2D eigenvalue weighted by Gasteiger charge is -2.38. The molecule has 1 aromatic rings. The van der Waals surface area contributed by atoms with E-state index in [1.807, 2.05) is 12.2 Å². The molecule has 0 radical (unpaired) electrons. The van der Waals surface area contributed by atoms with Gasteiger partial charge in [0.25, 0.3) is 5.69 Å². The highest BCUT2D eigenvalue weighted by atomic mass is 16.6. The van der Waals surface area contributed by atoms with Gasteiger partial charge >= 0.3 is 0 Å². The van der Waals surface area contributed by atoms with Crippen molar-refractivity contribution in [2.45, 2.75) is 25.8 Å². The third-order valence-electron chi connectivity index (χ3n) is 5.91. The summed E-state index contributed by atoms with van der Waals surface area (Å²) in [5.74, 6) is -1.58. The number of carbonyl (C=O) groups excluding carboxylic acids is 3. The summed E-state index contributed by atoms with van der Waals surface area (Å²) < 4.78 is 0. The van der Waals surface area contributed by atoms with Crippen molar-refractivity contribution in [1.82, 2.24) is 4.90 Å². The Hall–Kier alpha value is -3.03. The SMILES string of the molecule is C[C@@H](C(=O)Nc1ccc([N+](=O)[O-])cc1)N1C(=O)[C@@H]2[C@H](C1=O)[C@H]1C=C[C@H]2CC1. The Morgan fingerprint density at radius 3 is 2.07 bits per heavy atom. The van der Waals surface area contributed by atoms with Crippen molar-refractivity contribution in [1.29, 1.82) is 0 Å². The van der Waals surface area contributed by atoms with Crippen LogP contribution in [0.2, 0.25) is 0 Å². The van der Waals surface area contributed by atoms with Crippen molar-refractivity contribution >= 4 is 29.1 Å². The molecule has 27 heavy (non-hydrogen) atoms. The molecule has 3 aliphatic carbocycles. The number of hydrogen-bond acceptors (Lipinski definition) is 5. The summed E-state index contributed by atoms with van der Waals surface area (Å²) in [5, 5.41) is 13.3. The monoisotopic (exact) mass is 369 g/mol. The predicted molar refractivity (Wildman–Crippen MR) is 95.4 cm³/mol. The van der Waals surface area contributed by atoms with E-state index in [1.165, 1.54) is 31.2 Å². The molecule has 8 nitrogen and oxygen atoms in total. The number of hydrogen-bond donors (Lipinski definition) is 1. The van der Waals surface area contributed by atoms with Gasteiger partial charge in [-0.25, -0.2) is 0 Å². The van der Waals surface area contributed by atoms with Gasteiger partial charge < -0.3 is 5.32 Å². The Balaban J connectivity index is 1.50. The minimum Gasteiger partial charge on any atom is -0.324 e. The van der Waals surface area contributed by atoms with Crippen molar-refractivity contribution in [2.75, 3.05) is 5.32 Å². The fraction of sp³-hybridized carbons (Fsp3) is 0.421. The van der Waals surface area contributed by atoms with Gasteiger partial charge in [-0.2, -0.15) is 0 Å². The Morgan fingerprint density at radius 1 is 1.11 bits per heavy atom. The number of non-ortho nitro benzene ring substituents is 1. The van der Waals surface area contributed by atoms with E-state index in [0.717, 1.165) is 17.7 Å². The number of anilines is 1. The summed E-state index contributed by atoms with van der Waals surface area (Å²) in [4.78, 5) is 49.6. The van der Waals surface area contributed by atoms with Crippen LogP contribution in [-0.4, -0.2) is 33.6 Å². The zero-order valence-electron chi connectivity index (χ0n) is 14.7. The minimum absolute atomic E-state index is 0.0754. The third kappa shape index (κ3) is 2.72. The van der Waals surface area contributed by atoms with Gasteiger partial charge in [-0.15, -0.1) is 0 Å². The first kappa shape index (κ1) is 17.4. The Morgan fingerprint density at radius 2 is 1.63 bits per heavy atom. The van der Waals surface area contributed by atoms with Crippen LogP contribution in [0.4, 0.5) is 11.4 Å². The largest absolute Gasteiger partial charge is 0.324 e. The molecule has 0 spiro atoms. The topological polar surface area (TPSA) is 110 Å². The number of nitrogens with zero attached hydrogens (tertiary/aromatic N) is 2. The smallest absolute Gasteiger partial charge is 0.269 e. The maximum atomic E-state index is 12.9. The zero-order chi connectivity index (χ0) is 19.3. The van der Waals surface area contributed by atoms with Gasteiger partial charge in [0, 0.05) is 17.8 Å². The molecule has 8 heteroatoms. The van der Waals surface area contributed by atoms with E-state index in [1.54, 1.807) is 0 Å².